The van der Waals surface area contributed by atoms with E-state index in [1.54, 1.807) is 26.8 Å². The number of ketones is 1. The maximum absolute atomic E-state index is 12.7. The SMILES string of the molecule is C/C=C/C(=O)NCCCC[C@H](NC(=O)C(C)NC(=O)[C@H](CC(C)C)NC(C)C)C(=O)CC. The molecule has 0 aliphatic rings. The summed E-state index contributed by atoms with van der Waals surface area (Å²) >= 11 is 0. The van der Waals surface area contributed by atoms with E-state index in [-0.39, 0.29) is 35.6 Å². The number of Topliss-reactive ketones (excluding diaryl/α,β-unsaturated/α-hetero) is 1. The van der Waals surface area contributed by atoms with Gasteiger partial charge in [-0.05, 0) is 51.5 Å². The number of carbonyl (C=O) groups excluding carboxylic acids is 4. The number of carbonyl (C=O) groups is 4. The summed E-state index contributed by atoms with van der Waals surface area (Å²) in [4.78, 5) is 49.1. The van der Waals surface area contributed by atoms with Gasteiger partial charge in [0.15, 0.2) is 5.78 Å². The Kier molecular flexibility index (Phi) is 15.3. The molecule has 0 aromatic carbocycles. The summed E-state index contributed by atoms with van der Waals surface area (Å²) in [6.45, 7) is 13.7. The second-order valence-electron chi connectivity index (χ2n) is 8.90. The monoisotopic (exact) mass is 452 g/mol. The molecule has 0 aromatic rings. The maximum Gasteiger partial charge on any atom is 0.243 e. The number of rotatable bonds is 16. The second kappa shape index (κ2) is 16.4. The molecule has 0 aliphatic heterocycles. The smallest absolute Gasteiger partial charge is 0.243 e. The van der Waals surface area contributed by atoms with E-state index in [1.807, 2.05) is 27.7 Å². The summed E-state index contributed by atoms with van der Waals surface area (Å²) in [6, 6.07) is -1.59. The Labute approximate surface area is 193 Å². The summed E-state index contributed by atoms with van der Waals surface area (Å²) in [5.41, 5.74) is 0. The van der Waals surface area contributed by atoms with Crippen molar-refractivity contribution in [2.45, 2.75) is 105 Å². The lowest BCUT2D eigenvalue weighted by Gasteiger charge is -2.25. The minimum Gasteiger partial charge on any atom is -0.353 e. The van der Waals surface area contributed by atoms with Crippen LogP contribution in [0, 0.1) is 5.92 Å². The molecular weight excluding hydrogens is 408 g/mol. The normalized spacial score (nSPS) is 14.3. The van der Waals surface area contributed by atoms with Gasteiger partial charge in [0.05, 0.1) is 12.1 Å². The number of hydrogen-bond donors (Lipinski definition) is 4. The highest BCUT2D eigenvalue weighted by Gasteiger charge is 2.26. The number of allylic oxidation sites excluding steroid dienone is 1. The molecule has 0 saturated carbocycles. The molecule has 0 heterocycles. The standard InChI is InChI=1S/C24H44N4O4/c1-8-12-22(30)25-14-11-10-13-19(21(29)9-2)28-23(31)18(7)27-24(32)20(15-16(3)4)26-17(5)6/h8,12,16-20,26H,9-11,13-15H2,1-7H3,(H,25,30)(H,27,32)(H,28,31)/b12-8+/t18?,19-,20-/m0/s1. The van der Waals surface area contributed by atoms with Gasteiger partial charge in [-0.25, -0.2) is 0 Å². The molecule has 184 valence electrons. The van der Waals surface area contributed by atoms with Gasteiger partial charge in [0.2, 0.25) is 17.7 Å². The Balaban J connectivity index is 4.76. The minimum atomic E-state index is -0.751. The third-order valence-electron chi connectivity index (χ3n) is 4.90. The zero-order chi connectivity index (χ0) is 24.7. The molecule has 0 rings (SSSR count). The number of unbranched alkanes of at least 4 members (excludes halogenated alkanes) is 1. The van der Waals surface area contributed by atoms with Crippen LogP contribution in [0.2, 0.25) is 0 Å². The largest absolute Gasteiger partial charge is 0.353 e. The van der Waals surface area contributed by atoms with E-state index in [2.05, 4.69) is 21.3 Å². The molecule has 0 fully saturated rings. The Morgan fingerprint density at radius 3 is 2.06 bits per heavy atom. The van der Waals surface area contributed by atoms with Gasteiger partial charge in [-0.1, -0.05) is 40.7 Å². The van der Waals surface area contributed by atoms with Crippen molar-refractivity contribution in [3.63, 3.8) is 0 Å². The average Bonchev–Trinajstić information content (AvgIpc) is 2.70. The van der Waals surface area contributed by atoms with Gasteiger partial charge in [0, 0.05) is 19.0 Å². The van der Waals surface area contributed by atoms with Crippen LogP contribution in [0.5, 0.6) is 0 Å². The molecule has 3 amide bonds. The third kappa shape index (κ3) is 13.2. The van der Waals surface area contributed by atoms with Crippen LogP contribution < -0.4 is 21.3 Å². The van der Waals surface area contributed by atoms with E-state index >= 15 is 0 Å². The van der Waals surface area contributed by atoms with Gasteiger partial charge in [-0.15, -0.1) is 0 Å². The first-order chi connectivity index (χ1) is 15.0. The van der Waals surface area contributed by atoms with Crippen molar-refractivity contribution in [1.29, 1.82) is 0 Å². The van der Waals surface area contributed by atoms with Crippen LogP contribution in [0.1, 0.15) is 80.6 Å². The molecule has 0 spiro atoms. The first-order valence-electron chi connectivity index (χ1n) is 11.8. The van der Waals surface area contributed by atoms with E-state index < -0.39 is 12.1 Å². The Morgan fingerprint density at radius 2 is 1.53 bits per heavy atom. The predicted octanol–water partition coefficient (Wildman–Crippen LogP) is 2.23. The van der Waals surface area contributed by atoms with Crippen molar-refractivity contribution in [2.75, 3.05) is 6.54 Å². The summed E-state index contributed by atoms with van der Waals surface area (Å²) in [6.07, 6.45) is 5.99. The van der Waals surface area contributed by atoms with Crippen LogP contribution in [0.3, 0.4) is 0 Å². The Morgan fingerprint density at radius 1 is 0.875 bits per heavy atom. The van der Waals surface area contributed by atoms with E-state index in [0.717, 1.165) is 0 Å². The van der Waals surface area contributed by atoms with Gasteiger partial charge >= 0.3 is 0 Å². The Bertz CT molecular complexity index is 621. The molecule has 4 N–H and O–H groups in total. The van der Waals surface area contributed by atoms with Crippen LogP contribution in [0.15, 0.2) is 12.2 Å². The molecule has 8 heteroatoms. The molecule has 0 saturated heterocycles. The number of amides is 3. The zero-order valence-electron chi connectivity index (χ0n) is 20.9. The highest BCUT2D eigenvalue weighted by atomic mass is 16.2. The van der Waals surface area contributed by atoms with Crippen LogP contribution in [0.25, 0.3) is 0 Å². The molecule has 0 aliphatic carbocycles. The lowest BCUT2D eigenvalue weighted by Crippen LogP contribution is -2.55. The maximum atomic E-state index is 12.7. The van der Waals surface area contributed by atoms with Crippen LogP contribution in [0.4, 0.5) is 0 Å². The highest BCUT2D eigenvalue weighted by Crippen LogP contribution is 2.07. The molecule has 0 bridgehead atoms. The first kappa shape index (κ1) is 29.8. The van der Waals surface area contributed by atoms with Gasteiger partial charge in [0.25, 0.3) is 0 Å². The fourth-order valence-electron chi connectivity index (χ4n) is 3.26. The molecule has 0 radical (unpaired) electrons. The van der Waals surface area contributed by atoms with Crippen LogP contribution in [-0.2, 0) is 19.2 Å². The lowest BCUT2D eigenvalue weighted by atomic mass is 10.0. The topological polar surface area (TPSA) is 116 Å². The molecular formula is C24H44N4O4. The molecule has 1 unspecified atom stereocenters. The summed E-state index contributed by atoms with van der Waals surface area (Å²) in [7, 11) is 0. The zero-order valence-corrected chi connectivity index (χ0v) is 20.9. The molecule has 8 nitrogen and oxygen atoms in total. The van der Waals surface area contributed by atoms with Crippen LogP contribution >= 0.6 is 0 Å². The summed E-state index contributed by atoms with van der Waals surface area (Å²) in [5.74, 6) is -0.455. The lowest BCUT2D eigenvalue weighted by molar-refractivity contribution is -0.132. The molecule has 3 atom stereocenters. The van der Waals surface area contributed by atoms with E-state index in [9.17, 15) is 19.2 Å². The number of hydrogen-bond acceptors (Lipinski definition) is 5. The third-order valence-corrected chi connectivity index (χ3v) is 4.90. The number of nitrogens with one attached hydrogen (secondary N) is 4. The molecule has 32 heavy (non-hydrogen) atoms. The fourth-order valence-corrected chi connectivity index (χ4v) is 3.26. The van der Waals surface area contributed by atoms with Crippen molar-refractivity contribution < 1.29 is 19.2 Å². The van der Waals surface area contributed by atoms with E-state index in [4.69, 9.17) is 0 Å². The highest BCUT2D eigenvalue weighted by molar-refractivity contribution is 5.93. The summed E-state index contributed by atoms with van der Waals surface area (Å²) in [5, 5.41) is 11.6. The van der Waals surface area contributed by atoms with Crippen molar-refractivity contribution in [3.05, 3.63) is 12.2 Å². The summed E-state index contributed by atoms with van der Waals surface area (Å²) < 4.78 is 0. The quantitative estimate of drug-likeness (QED) is 0.212. The first-order valence-corrected chi connectivity index (χ1v) is 11.8. The van der Waals surface area contributed by atoms with Gasteiger partial charge in [-0.3, -0.25) is 19.2 Å². The fraction of sp³-hybridized carbons (Fsp3) is 0.750. The van der Waals surface area contributed by atoms with Gasteiger partial charge in [-0.2, -0.15) is 0 Å². The van der Waals surface area contributed by atoms with Crippen molar-refractivity contribution in [3.8, 4) is 0 Å². The predicted molar refractivity (Wildman–Crippen MR) is 128 cm³/mol. The van der Waals surface area contributed by atoms with Gasteiger partial charge < -0.3 is 21.3 Å². The average molecular weight is 453 g/mol. The van der Waals surface area contributed by atoms with Crippen LogP contribution in [-0.4, -0.2) is 54.2 Å². The Hall–Kier alpha value is -2.22. The van der Waals surface area contributed by atoms with E-state index in [0.29, 0.717) is 44.6 Å². The minimum absolute atomic E-state index is 0.0472. The van der Waals surface area contributed by atoms with Crippen molar-refractivity contribution >= 4 is 23.5 Å². The second-order valence-corrected chi connectivity index (χ2v) is 8.90. The molecule has 0 aromatic heterocycles. The van der Waals surface area contributed by atoms with Gasteiger partial charge in [0.1, 0.15) is 6.04 Å². The van der Waals surface area contributed by atoms with Crippen molar-refractivity contribution in [1.82, 2.24) is 21.3 Å². The van der Waals surface area contributed by atoms with E-state index in [1.165, 1.54) is 6.08 Å². The van der Waals surface area contributed by atoms with Crippen molar-refractivity contribution in [2.24, 2.45) is 5.92 Å².